The summed E-state index contributed by atoms with van der Waals surface area (Å²) in [4.78, 5) is 6.89. The van der Waals surface area contributed by atoms with Gasteiger partial charge in [0.1, 0.15) is 16.8 Å². The summed E-state index contributed by atoms with van der Waals surface area (Å²) >= 11 is 6.38. The van der Waals surface area contributed by atoms with E-state index in [2.05, 4.69) is 20.1 Å². The highest BCUT2D eigenvalue weighted by Gasteiger charge is 2.27. The Morgan fingerprint density at radius 2 is 2.00 bits per heavy atom. The topological polar surface area (TPSA) is 51.8 Å². The molecule has 0 aromatic carbocycles. The van der Waals surface area contributed by atoms with Crippen LogP contribution in [0.15, 0.2) is 0 Å². The van der Waals surface area contributed by atoms with Gasteiger partial charge in [0.05, 0.1) is 12.2 Å². The number of hydrogen-bond acceptors (Lipinski definition) is 4. The first-order valence-corrected chi connectivity index (χ1v) is 8.13. The minimum Gasteiger partial charge on any atom is -0.294 e. The molecule has 0 aliphatic carbocycles. The average molecular weight is 323 g/mol. The number of aromatic nitrogens is 5. The fourth-order valence-electron chi connectivity index (χ4n) is 3.30. The maximum atomic E-state index is 6.38. The number of rotatable bonds is 4. The summed E-state index contributed by atoms with van der Waals surface area (Å²) in [5, 5.41) is 9.65. The van der Waals surface area contributed by atoms with Crippen molar-refractivity contribution in [3.8, 4) is 0 Å². The highest BCUT2D eigenvalue weighted by atomic mass is 35.5. The molecule has 1 aliphatic heterocycles. The van der Waals surface area contributed by atoms with Crippen LogP contribution in [0.1, 0.15) is 35.7 Å². The summed E-state index contributed by atoms with van der Waals surface area (Å²) in [5.41, 5.74) is 2.16. The van der Waals surface area contributed by atoms with E-state index in [1.807, 2.05) is 32.5 Å². The number of hydrogen-bond donors (Lipinski definition) is 0. The summed E-state index contributed by atoms with van der Waals surface area (Å²) in [6.07, 6.45) is 2.41. The van der Waals surface area contributed by atoms with Gasteiger partial charge in [0.25, 0.3) is 0 Å². The molecule has 22 heavy (non-hydrogen) atoms. The first-order chi connectivity index (χ1) is 10.5. The molecule has 1 atom stereocenters. The Balaban J connectivity index is 1.74. The van der Waals surface area contributed by atoms with Crippen molar-refractivity contribution in [2.75, 3.05) is 6.54 Å². The zero-order valence-electron chi connectivity index (χ0n) is 13.7. The lowest BCUT2D eigenvalue weighted by Crippen LogP contribution is -2.33. The van der Waals surface area contributed by atoms with Crippen molar-refractivity contribution < 1.29 is 0 Å². The van der Waals surface area contributed by atoms with Gasteiger partial charge in [-0.15, -0.1) is 0 Å². The lowest BCUT2D eigenvalue weighted by molar-refractivity contribution is 0.217. The van der Waals surface area contributed by atoms with Crippen LogP contribution in [-0.2, 0) is 20.1 Å². The lowest BCUT2D eigenvalue weighted by atomic mass is 10.2. The maximum Gasteiger partial charge on any atom is 0.147 e. The Kier molecular flexibility index (Phi) is 4.23. The molecule has 0 radical (unpaired) electrons. The third kappa shape index (κ3) is 2.90. The van der Waals surface area contributed by atoms with Crippen LogP contribution in [0.2, 0.25) is 5.15 Å². The number of aryl methyl sites for hydroxylation is 4. The van der Waals surface area contributed by atoms with Gasteiger partial charge in [0.15, 0.2) is 0 Å². The summed E-state index contributed by atoms with van der Waals surface area (Å²) < 4.78 is 3.78. The number of nitrogens with zero attached hydrogens (tertiary/aromatic N) is 6. The number of halogens is 1. The van der Waals surface area contributed by atoms with Gasteiger partial charge in [-0.05, 0) is 40.2 Å². The third-order valence-electron chi connectivity index (χ3n) is 4.48. The standard InChI is InChI=1S/C15H23ClN6/c1-10-14(15(16)20(4)18-10)9-21-7-5-6-13(21)8-22-12(3)17-11(2)19-22/h13H,5-9H2,1-4H3/t13-/m0/s1. The maximum absolute atomic E-state index is 6.38. The van der Waals surface area contributed by atoms with E-state index in [9.17, 15) is 0 Å². The van der Waals surface area contributed by atoms with Crippen molar-refractivity contribution in [1.29, 1.82) is 0 Å². The lowest BCUT2D eigenvalue weighted by Gasteiger charge is -2.24. The number of likely N-dealkylation sites (tertiary alicyclic amines) is 1. The molecule has 2 aromatic rings. The van der Waals surface area contributed by atoms with Gasteiger partial charge in [-0.2, -0.15) is 10.2 Å². The monoisotopic (exact) mass is 322 g/mol. The van der Waals surface area contributed by atoms with Crippen LogP contribution < -0.4 is 0 Å². The highest BCUT2D eigenvalue weighted by molar-refractivity contribution is 6.30. The van der Waals surface area contributed by atoms with Crippen molar-refractivity contribution in [1.82, 2.24) is 29.4 Å². The van der Waals surface area contributed by atoms with Crippen LogP contribution in [0.5, 0.6) is 0 Å². The minimum absolute atomic E-state index is 0.482. The predicted molar refractivity (Wildman–Crippen MR) is 85.9 cm³/mol. The zero-order chi connectivity index (χ0) is 15.9. The third-order valence-corrected chi connectivity index (χ3v) is 4.95. The van der Waals surface area contributed by atoms with Crippen LogP contribution in [0.25, 0.3) is 0 Å². The smallest absolute Gasteiger partial charge is 0.147 e. The molecule has 2 aromatic heterocycles. The molecule has 7 heteroatoms. The van der Waals surface area contributed by atoms with E-state index in [1.54, 1.807) is 4.68 Å². The Labute approximate surface area is 136 Å². The Morgan fingerprint density at radius 3 is 2.59 bits per heavy atom. The van der Waals surface area contributed by atoms with E-state index in [1.165, 1.54) is 12.8 Å². The fourth-order valence-corrected chi connectivity index (χ4v) is 3.53. The SMILES string of the molecule is Cc1nc(C)n(C[C@@H]2CCCN2Cc2c(C)nn(C)c2Cl)n1. The van der Waals surface area contributed by atoms with Crippen LogP contribution in [0.3, 0.4) is 0 Å². The van der Waals surface area contributed by atoms with Crippen LogP contribution in [0.4, 0.5) is 0 Å². The molecule has 1 saturated heterocycles. The molecule has 3 heterocycles. The summed E-state index contributed by atoms with van der Waals surface area (Å²) in [6.45, 7) is 8.83. The van der Waals surface area contributed by atoms with Gasteiger partial charge in [0, 0.05) is 25.2 Å². The first-order valence-electron chi connectivity index (χ1n) is 7.75. The van der Waals surface area contributed by atoms with Crippen molar-refractivity contribution in [2.45, 2.75) is 52.7 Å². The van der Waals surface area contributed by atoms with Gasteiger partial charge < -0.3 is 0 Å². The van der Waals surface area contributed by atoms with E-state index >= 15 is 0 Å². The Morgan fingerprint density at radius 1 is 1.23 bits per heavy atom. The van der Waals surface area contributed by atoms with Crippen molar-refractivity contribution in [3.05, 3.63) is 28.1 Å². The molecule has 0 spiro atoms. The van der Waals surface area contributed by atoms with Gasteiger partial charge in [0.2, 0.25) is 0 Å². The van der Waals surface area contributed by atoms with E-state index in [0.29, 0.717) is 6.04 Å². The molecule has 120 valence electrons. The van der Waals surface area contributed by atoms with Crippen LogP contribution in [0, 0.1) is 20.8 Å². The largest absolute Gasteiger partial charge is 0.294 e. The second-order valence-electron chi connectivity index (χ2n) is 6.13. The second-order valence-corrected chi connectivity index (χ2v) is 6.49. The van der Waals surface area contributed by atoms with E-state index in [0.717, 1.165) is 47.7 Å². The van der Waals surface area contributed by atoms with Crippen LogP contribution in [-0.4, -0.2) is 42.0 Å². The highest BCUT2D eigenvalue weighted by Crippen LogP contribution is 2.26. The van der Waals surface area contributed by atoms with E-state index in [4.69, 9.17) is 11.6 Å². The van der Waals surface area contributed by atoms with Gasteiger partial charge in [-0.3, -0.25) is 9.58 Å². The molecular weight excluding hydrogens is 300 g/mol. The van der Waals surface area contributed by atoms with Crippen molar-refractivity contribution >= 4 is 11.6 Å². The molecule has 0 saturated carbocycles. The first kappa shape index (κ1) is 15.5. The molecule has 6 nitrogen and oxygen atoms in total. The minimum atomic E-state index is 0.482. The van der Waals surface area contributed by atoms with E-state index in [-0.39, 0.29) is 0 Å². The molecule has 1 aliphatic rings. The normalized spacial score (nSPS) is 19.2. The Bertz CT molecular complexity index is 674. The van der Waals surface area contributed by atoms with Crippen molar-refractivity contribution in [3.63, 3.8) is 0 Å². The van der Waals surface area contributed by atoms with Gasteiger partial charge >= 0.3 is 0 Å². The molecule has 0 amide bonds. The zero-order valence-corrected chi connectivity index (χ0v) is 14.4. The van der Waals surface area contributed by atoms with E-state index < -0.39 is 0 Å². The molecule has 0 unspecified atom stereocenters. The van der Waals surface area contributed by atoms with Crippen LogP contribution >= 0.6 is 11.6 Å². The van der Waals surface area contributed by atoms with Gasteiger partial charge in [-0.1, -0.05) is 11.6 Å². The fraction of sp³-hybridized carbons (Fsp3) is 0.667. The Hall–Kier alpha value is -1.40. The summed E-state index contributed by atoms with van der Waals surface area (Å²) in [6, 6.07) is 0.482. The molecular formula is C15H23ClN6. The quantitative estimate of drug-likeness (QED) is 0.866. The molecule has 0 N–H and O–H groups in total. The molecule has 3 rings (SSSR count). The predicted octanol–water partition coefficient (Wildman–Crippen LogP) is 2.25. The second kappa shape index (κ2) is 6.01. The summed E-state index contributed by atoms with van der Waals surface area (Å²) in [5.74, 6) is 1.83. The average Bonchev–Trinajstić information content (AvgIpc) is 3.08. The van der Waals surface area contributed by atoms with Gasteiger partial charge in [-0.25, -0.2) is 9.67 Å². The molecule has 1 fully saturated rings. The summed E-state index contributed by atoms with van der Waals surface area (Å²) in [7, 11) is 1.89. The van der Waals surface area contributed by atoms with Crippen molar-refractivity contribution in [2.24, 2.45) is 7.05 Å². The molecule has 0 bridgehead atoms.